The minimum atomic E-state index is -0.196. The number of amides is 1. The summed E-state index contributed by atoms with van der Waals surface area (Å²) in [4.78, 5) is 11.3. The number of benzene rings is 1. The van der Waals surface area contributed by atoms with Gasteiger partial charge in [-0.05, 0) is 12.1 Å². The number of nitrogens with one attached hydrogen (secondary N) is 1. The van der Waals surface area contributed by atoms with Gasteiger partial charge in [-0.3, -0.25) is 4.79 Å². The molecule has 0 aromatic heterocycles. The molecule has 1 aromatic carbocycles. The second kappa shape index (κ2) is 8.73. The quantitative estimate of drug-likeness (QED) is 0.815. The lowest BCUT2D eigenvalue weighted by Gasteiger charge is -2.08. The van der Waals surface area contributed by atoms with Crippen LogP contribution in [-0.2, 0) is 0 Å². The fraction of sp³-hybridized carbons (Fsp3) is 0.417. The Bertz CT molecular complexity index is 313. The Labute approximate surface area is 96.2 Å². The van der Waals surface area contributed by atoms with Crippen LogP contribution in [0.4, 0.5) is 0 Å². The third-order valence-electron chi connectivity index (χ3n) is 1.71. The van der Waals surface area contributed by atoms with Gasteiger partial charge in [0.15, 0.2) is 0 Å². The number of hydrogen-bond donors (Lipinski definition) is 2. The molecule has 4 heteroatoms. The number of para-hydroxylation sites is 1. The number of carbonyl (C=O) groups is 1. The molecule has 0 bridgehead atoms. The zero-order valence-corrected chi connectivity index (χ0v) is 9.99. The van der Waals surface area contributed by atoms with Crippen LogP contribution in [-0.4, -0.2) is 31.3 Å². The zero-order chi connectivity index (χ0) is 12.4. The number of ether oxygens (including phenoxy) is 1. The Morgan fingerprint density at radius 2 is 2.00 bits per heavy atom. The summed E-state index contributed by atoms with van der Waals surface area (Å²) in [6.45, 7) is 4.12. The number of hydrogen-bond acceptors (Lipinski definition) is 3. The first-order chi connectivity index (χ1) is 7.79. The van der Waals surface area contributed by atoms with Crippen LogP contribution in [0.2, 0.25) is 0 Å². The van der Waals surface area contributed by atoms with Gasteiger partial charge in [0.05, 0.1) is 12.2 Å². The molecule has 0 spiro atoms. The maximum absolute atomic E-state index is 11.3. The zero-order valence-electron chi connectivity index (χ0n) is 9.99. The highest BCUT2D eigenvalue weighted by molar-refractivity contribution is 5.96. The van der Waals surface area contributed by atoms with E-state index in [1.165, 1.54) is 0 Å². The van der Waals surface area contributed by atoms with E-state index in [1.54, 1.807) is 31.3 Å². The molecule has 16 heavy (non-hydrogen) atoms. The molecule has 4 nitrogen and oxygen atoms in total. The average molecular weight is 225 g/mol. The SMILES string of the molecule is CC.CNC(=O)c1ccccc1OCCO. The summed E-state index contributed by atoms with van der Waals surface area (Å²) in [5.41, 5.74) is 0.475. The van der Waals surface area contributed by atoms with Crippen molar-refractivity contribution in [1.29, 1.82) is 0 Å². The van der Waals surface area contributed by atoms with Crippen molar-refractivity contribution >= 4 is 5.91 Å². The van der Waals surface area contributed by atoms with E-state index in [0.717, 1.165) is 0 Å². The van der Waals surface area contributed by atoms with Crippen molar-refractivity contribution in [2.24, 2.45) is 0 Å². The summed E-state index contributed by atoms with van der Waals surface area (Å²) in [5.74, 6) is 0.291. The van der Waals surface area contributed by atoms with E-state index in [0.29, 0.717) is 11.3 Å². The van der Waals surface area contributed by atoms with Crippen LogP contribution in [0.5, 0.6) is 5.75 Å². The predicted octanol–water partition coefficient (Wildman–Crippen LogP) is 1.44. The van der Waals surface area contributed by atoms with E-state index in [9.17, 15) is 4.79 Å². The summed E-state index contributed by atoms with van der Waals surface area (Å²) in [6.07, 6.45) is 0. The third-order valence-corrected chi connectivity index (χ3v) is 1.71. The molecule has 0 unspecified atom stereocenters. The molecule has 0 aliphatic heterocycles. The molecule has 0 saturated carbocycles. The Morgan fingerprint density at radius 1 is 1.38 bits per heavy atom. The maximum atomic E-state index is 11.3. The van der Waals surface area contributed by atoms with E-state index in [1.807, 2.05) is 13.8 Å². The highest BCUT2D eigenvalue weighted by Crippen LogP contribution is 2.17. The number of aliphatic hydroxyl groups excluding tert-OH is 1. The molecule has 0 aliphatic rings. The molecule has 0 saturated heterocycles. The fourth-order valence-corrected chi connectivity index (χ4v) is 1.07. The minimum Gasteiger partial charge on any atom is -0.490 e. The van der Waals surface area contributed by atoms with Gasteiger partial charge in [-0.15, -0.1) is 0 Å². The molecule has 0 fully saturated rings. The second-order valence-corrected chi connectivity index (χ2v) is 2.65. The van der Waals surface area contributed by atoms with Crippen LogP contribution in [0.3, 0.4) is 0 Å². The van der Waals surface area contributed by atoms with Gasteiger partial charge in [-0.2, -0.15) is 0 Å². The molecule has 1 aromatic rings. The molecule has 0 aliphatic carbocycles. The average Bonchev–Trinajstić information content (AvgIpc) is 2.38. The van der Waals surface area contributed by atoms with Gasteiger partial charge >= 0.3 is 0 Å². The van der Waals surface area contributed by atoms with Crippen molar-refractivity contribution in [3.05, 3.63) is 29.8 Å². The van der Waals surface area contributed by atoms with E-state index in [-0.39, 0.29) is 19.1 Å². The summed E-state index contributed by atoms with van der Waals surface area (Å²) in [6, 6.07) is 6.90. The number of aliphatic hydroxyl groups is 1. The number of rotatable bonds is 4. The topological polar surface area (TPSA) is 58.6 Å². The first-order valence-electron chi connectivity index (χ1n) is 5.34. The van der Waals surface area contributed by atoms with Gasteiger partial charge in [0.1, 0.15) is 12.4 Å². The van der Waals surface area contributed by atoms with Crippen molar-refractivity contribution in [3.63, 3.8) is 0 Å². The largest absolute Gasteiger partial charge is 0.490 e. The van der Waals surface area contributed by atoms with Gasteiger partial charge in [-0.1, -0.05) is 26.0 Å². The van der Waals surface area contributed by atoms with Crippen LogP contribution in [0.15, 0.2) is 24.3 Å². The lowest BCUT2D eigenvalue weighted by Crippen LogP contribution is -2.19. The summed E-state index contributed by atoms with van der Waals surface area (Å²) in [5, 5.41) is 11.1. The van der Waals surface area contributed by atoms with Crippen LogP contribution in [0, 0.1) is 0 Å². The molecule has 1 rings (SSSR count). The van der Waals surface area contributed by atoms with Crippen LogP contribution < -0.4 is 10.1 Å². The first kappa shape index (κ1) is 14.5. The molecular formula is C12H19NO3. The van der Waals surface area contributed by atoms with Gasteiger partial charge in [0.2, 0.25) is 0 Å². The Balaban J connectivity index is 0.00000106. The van der Waals surface area contributed by atoms with Crippen molar-refractivity contribution in [2.45, 2.75) is 13.8 Å². The lowest BCUT2D eigenvalue weighted by atomic mass is 10.2. The van der Waals surface area contributed by atoms with Gasteiger partial charge in [0.25, 0.3) is 5.91 Å². The van der Waals surface area contributed by atoms with Crippen molar-refractivity contribution < 1.29 is 14.6 Å². The van der Waals surface area contributed by atoms with E-state index < -0.39 is 0 Å². The Hall–Kier alpha value is -1.55. The van der Waals surface area contributed by atoms with Crippen molar-refractivity contribution in [3.8, 4) is 5.75 Å². The van der Waals surface area contributed by atoms with Crippen LogP contribution >= 0.6 is 0 Å². The highest BCUT2D eigenvalue weighted by Gasteiger charge is 2.09. The van der Waals surface area contributed by atoms with Crippen LogP contribution in [0.1, 0.15) is 24.2 Å². The normalized spacial score (nSPS) is 8.75. The Kier molecular flexibility index (Phi) is 7.89. The standard InChI is InChI=1S/C10H13NO3.C2H6/c1-11-10(13)8-4-2-3-5-9(8)14-7-6-12;1-2/h2-5,12H,6-7H2,1H3,(H,11,13);1-2H3. The van der Waals surface area contributed by atoms with Crippen molar-refractivity contribution in [2.75, 3.05) is 20.3 Å². The summed E-state index contributed by atoms with van der Waals surface area (Å²) in [7, 11) is 1.56. The fourth-order valence-electron chi connectivity index (χ4n) is 1.07. The monoisotopic (exact) mass is 225 g/mol. The lowest BCUT2D eigenvalue weighted by molar-refractivity contribution is 0.0957. The van der Waals surface area contributed by atoms with Gasteiger partial charge in [0, 0.05) is 7.05 Å². The minimum absolute atomic E-state index is 0.0674. The maximum Gasteiger partial charge on any atom is 0.254 e. The molecule has 0 radical (unpaired) electrons. The highest BCUT2D eigenvalue weighted by atomic mass is 16.5. The van der Waals surface area contributed by atoms with Gasteiger partial charge < -0.3 is 15.2 Å². The predicted molar refractivity (Wildman–Crippen MR) is 63.8 cm³/mol. The summed E-state index contributed by atoms with van der Waals surface area (Å²) >= 11 is 0. The second-order valence-electron chi connectivity index (χ2n) is 2.65. The van der Waals surface area contributed by atoms with E-state index in [2.05, 4.69) is 5.32 Å². The van der Waals surface area contributed by atoms with Crippen LogP contribution in [0.25, 0.3) is 0 Å². The number of carbonyl (C=O) groups excluding carboxylic acids is 1. The molecule has 1 amide bonds. The van der Waals surface area contributed by atoms with E-state index >= 15 is 0 Å². The first-order valence-corrected chi connectivity index (χ1v) is 5.34. The molecule has 0 atom stereocenters. The molecule has 90 valence electrons. The van der Waals surface area contributed by atoms with E-state index in [4.69, 9.17) is 9.84 Å². The third kappa shape index (κ3) is 4.31. The smallest absolute Gasteiger partial charge is 0.254 e. The summed E-state index contributed by atoms with van der Waals surface area (Å²) < 4.78 is 5.20. The van der Waals surface area contributed by atoms with Gasteiger partial charge in [-0.25, -0.2) is 0 Å². The molecular weight excluding hydrogens is 206 g/mol. The molecule has 0 heterocycles. The Morgan fingerprint density at radius 3 is 2.56 bits per heavy atom. The van der Waals surface area contributed by atoms with Crippen molar-refractivity contribution in [1.82, 2.24) is 5.32 Å². The molecule has 2 N–H and O–H groups in total.